The van der Waals surface area contributed by atoms with Crippen LogP contribution in [0.4, 0.5) is 0 Å². The number of rotatable bonds is 7. The normalized spacial score (nSPS) is 10.9. The lowest BCUT2D eigenvalue weighted by Gasteiger charge is -1.99. The molecule has 1 heterocycles. The topological polar surface area (TPSA) is 54.7 Å². The predicted molar refractivity (Wildman–Crippen MR) is 84.7 cm³/mol. The summed E-state index contributed by atoms with van der Waals surface area (Å²) in [5.41, 5.74) is 10.2. The Morgan fingerprint density at radius 3 is 2.40 bits per heavy atom. The summed E-state index contributed by atoms with van der Waals surface area (Å²) < 4.78 is 0. The SMILES string of the molecule is Cc1ccc(-c2nc(CCCCCCN)[nH]c2C)cc1. The van der Waals surface area contributed by atoms with Gasteiger partial charge in [-0.3, -0.25) is 0 Å². The average molecular weight is 271 g/mol. The second-order valence-corrected chi connectivity index (χ2v) is 5.48. The molecule has 0 radical (unpaired) electrons. The molecule has 1 aromatic heterocycles. The molecule has 20 heavy (non-hydrogen) atoms. The van der Waals surface area contributed by atoms with Crippen LogP contribution < -0.4 is 5.73 Å². The number of hydrogen-bond donors (Lipinski definition) is 2. The van der Waals surface area contributed by atoms with E-state index in [2.05, 4.69) is 43.1 Å². The van der Waals surface area contributed by atoms with Crippen molar-refractivity contribution in [1.82, 2.24) is 9.97 Å². The van der Waals surface area contributed by atoms with Crippen LogP contribution in [0.5, 0.6) is 0 Å². The highest BCUT2D eigenvalue weighted by atomic mass is 14.9. The molecule has 0 atom stereocenters. The zero-order valence-corrected chi connectivity index (χ0v) is 12.6. The third-order valence-electron chi connectivity index (χ3n) is 3.63. The number of nitrogens with zero attached hydrogens (tertiary/aromatic N) is 1. The van der Waals surface area contributed by atoms with Crippen LogP contribution in [0.3, 0.4) is 0 Å². The van der Waals surface area contributed by atoms with Crippen molar-refractivity contribution in [3.63, 3.8) is 0 Å². The maximum absolute atomic E-state index is 5.50. The number of hydrogen-bond acceptors (Lipinski definition) is 2. The standard InChI is InChI=1S/C17H25N3/c1-13-8-10-15(11-9-13)17-14(2)19-16(20-17)7-5-3-4-6-12-18/h8-11H,3-7,12,18H2,1-2H3,(H,19,20). The molecule has 0 amide bonds. The lowest BCUT2D eigenvalue weighted by atomic mass is 10.1. The number of nitrogens with two attached hydrogens (primary N) is 1. The minimum Gasteiger partial charge on any atom is -0.346 e. The highest BCUT2D eigenvalue weighted by Crippen LogP contribution is 2.22. The second-order valence-electron chi connectivity index (χ2n) is 5.48. The van der Waals surface area contributed by atoms with Crippen molar-refractivity contribution in [1.29, 1.82) is 0 Å². The molecule has 0 spiro atoms. The van der Waals surface area contributed by atoms with Crippen LogP contribution in [-0.2, 0) is 6.42 Å². The van der Waals surface area contributed by atoms with Crippen molar-refractivity contribution in [3.05, 3.63) is 41.3 Å². The molecule has 2 aromatic rings. The van der Waals surface area contributed by atoms with Gasteiger partial charge in [-0.05, 0) is 33.2 Å². The zero-order valence-electron chi connectivity index (χ0n) is 12.6. The quantitative estimate of drug-likeness (QED) is 0.753. The third kappa shape index (κ3) is 3.94. The van der Waals surface area contributed by atoms with E-state index >= 15 is 0 Å². The summed E-state index contributed by atoms with van der Waals surface area (Å²) in [7, 11) is 0. The predicted octanol–water partition coefficient (Wildman–Crippen LogP) is 3.76. The van der Waals surface area contributed by atoms with Gasteiger partial charge in [0.2, 0.25) is 0 Å². The molecule has 0 unspecified atom stereocenters. The van der Waals surface area contributed by atoms with Gasteiger partial charge in [-0.2, -0.15) is 0 Å². The minimum absolute atomic E-state index is 0.803. The van der Waals surface area contributed by atoms with Gasteiger partial charge in [0, 0.05) is 17.7 Å². The third-order valence-corrected chi connectivity index (χ3v) is 3.63. The van der Waals surface area contributed by atoms with Crippen LogP contribution in [-0.4, -0.2) is 16.5 Å². The molecule has 1 aromatic carbocycles. The van der Waals surface area contributed by atoms with Crippen LogP contribution in [0.25, 0.3) is 11.3 Å². The minimum atomic E-state index is 0.803. The highest BCUT2D eigenvalue weighted by Gasteiger charge is 2.08. The van der Waals surface area contributed by atoms with Crippen molar-refractivity contribution in [2.45, 2.75) is 46.0 Å². The van der Waals surface area contributed by atoms with Crippen molar-refractivity contribution in [3.8, 4) is 11.3 Å². The number of unbranched alkanes of at least 4 members (excludes halogenated alkanes) is 3. The molecular formula is C17H25N3. The molecule has 108 valence electrons. The van der Waals surface area contributed by atoms with Crippen molar-refractivity contribution in [2.24, 2.45) is 5.73 Å². The second kappa shape index (κ2) is 7.25. The Morgan fingerprint density at radius 1 is 1.00 bits per heavy atom. The number of aromatic amines is 1. The van der Waals surface area contributed by atoms with Crippen molar-refractivity contribution < 1.29 is 0 Å². The summed E-state index contributed by atoms with van der Waals surface area (Å²) in [5, 5.41) is 0. The van der Waals surface area contributed by atoms with Gasteiger partial charge in [0.1, 0.15) is 5.82 Å². The number of H-pyrrole nitrogens is 1. The molecule has 0 aliphatic heterocycles. The first-order valence-corrected chi connectivity index (χ1v) is 7.53. The fraction of sp³-hybridized carbons (Fsp3) is 0.471. The van der Waals surface area contributed by atoms with Gasteiger partial charge < -0.3 is 10.7 Å². The lowest BCUT2D eigenvalue weighted by molar-refractivity contribution is 0.637. The summed E-state index contributed by atoms with van der Waals surface area (Å²) in [4.78, 5) is 8.16. The van der Waals surface area contributed by atoms with Gasteiger partial charge in [0.25, 0.3) is 0 Å². The van der Waals surface area contributed by atoms with E-state index in [0.29, 0.717) is 0 Å². The summed E-state index contributed by atoms with van der Waals surface area (Å²) in [5.74, 6) is 1.10. The van der Waals surface area contributed by atoms with E-state index in [0.717, 1.165) is 36.6 Å². The summed E-state index contributed by atoms with van der Waals surface area (Å²) >= 11 is 0. The Balaban J connectivity index is 1.97. The number of benzene rings is 1. The summed E-state index contributed by atoms with van der Waals surface area (Å²) in [6.45, 7) is 5.01. The van der Waals surface area contributed by atoms with Crippen molar-refractivity contribution in [2.75, 3.05) is 6.54 Å². The van der Waals surface area contributed by atoms with Crippen LogP contribution in [0.2, 0.25) is 0 Å². The summed E-state index contributed by atoms with van der Waals surface area (Å²) in [6.07, 6.45) is 5.79. The molecule has 3 N–H and O–H groups in total. The molecule has 0 saturated carbocycles. The van der Waals surface area contributed by atoms with E-state index in [1.54, 1.807) is 0 Å². The van der Waals surface area contributed by atoms with Gasteiger partial charge in [0.05, 0.1) is 5.69 Å². The first kappa shape index (κ1) is 14.8. The highest BCUT2D eigenvalue weighted by molar-refractivity contribution is 5.62. The average Bonchev–Trinajstić information content (AvgIpc) is 2.81. The smallest absolute Gasteiger partial charge is 0.106 e. The molecule has 0 bridgehead atoms. The van der Waals surface area contributed by atoms with Gasteiger partial charge >= 0.3 is 0 Å². The maximum atomic E-state index is 5.50. The fourth-order valence-electron chi connectivity index (χ4n) is 2.42. The number of nitrogens with one attached hydrogen (secondary N) is 1. The Bertz CT molecular complexity index is 526. The van der Waals surface area contributed by atoms with Gasteiger partial charge in [-0.25, -0.2) is 4.98 Å². The number of aryl methyl sites for hydroxylation is 3. The molecule has 2 rings (SSSR count). The van der Waals surface area contributed by atoms with E-state index in [1.165, 1.54) is 30.4 Å². The molecule has 0 saturated heterocycles. The Kier molecular flexibility index (Phi) is 5.36. The van der Waals surface area contributed by atoms with Crippen LogP contribution >= 0.6 is 0 Å². The van der Waals surface area contributed by atoms with Crippen molar-refractivity contribution >= 4 is 0 Å². The monoisotopic (exact) mass is 271 g/mol. The van der Waals surface area contributed by atoms with Crippen LogP contribution in [0, 0.1) is 13.8 Å². The van der Waals surface area contributed by atoms with Gasteiger partial charge in [0.15, 0.2) is 0 Å². The number of aromatic nitrogens is 2. The van der Waals surface area contributed by atoms with E-state index in [9.17, 15) is 0 Å². The van der Waals surface area contributed by atoms with E-state index < -0.39 is 0 Å². The molecular weight excluding hydrogens is 246 g/mol. The molecule has 0 aliphatic rings. The molecule has 0 fully saturated rings. The van der Waals surface area contributed by atoms with E-state index in [4.69, 9.17) is 10.7 Å². The maximum Gasteiger partial charge on any atom is 0.106 e. The Hall–Kier alpha value is -1.61. The van der Waals surface area contributed by atoms with E-state index in [-0.39, 0.29) is 0 Å². The van der Waals surface area contributed by atoms with Crippen LogP contribution in [0.15, 0.2) is 24.3 Å². The van der Waals surface area contributed by atoms with Crippen LogP contribution in [0.1, 0.15) is 42.8 Å². The fourth-order valence-corrected chi connectivity index (χ4v) is 2.42. The lowest BCUT2D eigenvalue weighted by Crippen LogP contribution is -1.98. The molecule has 0 aliphatic carbocycles. The largest absolute Gasteiger partial charge is 0.346 e. The first-order chi connectivity index (χ1) is 9.70. The zero-order chi connectivity index (χ0) is 14.4. The van der Waals surface area contributed by atoms with E-state index in [1.807, 2.05) is 0 Å². The summed E-state index contributed by atoms with van der Waals surface area (Å²) in [6, 6.07) is 8.55. The van der Waals surface area contributed by atoms with Gasteiger partial charge in [-0.1, -0.05) is 42.7 Å². The number of imidazole rings is 1. The van der Waals surface area contributed by atoms with Gasteiger partial charge in [-0.15, -0.1) is 0 Å². The first-order valence-electron chi connectivity index (χ1n) is 7.53. The Labute approximate surface area is 121 Å². The molecule has 3 heteroatoms. The Morgan fingerprint density at radius 2 is 1.70 bits per heavy atom. The molecule has 3 nitrogen and oxygen atoms in total.